The van der Waals surface area contributed by atoms with E-state index >= 15 is 0 Å². The maximum atomic E-state index is 11.2. The molecule has 12 heavy (non-hydrogen) atoms. The minimum atomic E-state index is 0.122. The average molecular weight is 170 g/mol. The van der Waals surface area contributed by atoms with E-state index in [1.165, 1.54) is 12.8 Å². The van der Waals surface area contributed by atoms with Gasteiger partial charge in [0.25, 0.3) is 0 Å². The van der Waals surface area contributed by atoms with E-state index in [4.69, 9.17) is 0 Å². The molecule has 0 bridgehead atoms. The molecule has 1 aliphatic carbocycles. The van der Waals surface area contributed by atoms with Crippen molar-refractivity contribution >= 4 is 5.91 Å². The van der Waals surface area contributed by atoms with Crippen molar-refractivity contribution in [2.75, 3.05) is 13.6 Å². The van der Waals surface area contributed by atoms with Crippen LogP contribution in [0.15, 0.2) is 0 Å². The first-order valence-corrected chi connectivity index (χ1v) is 4.68. The van der Waals surface area contributed by atoms with Crippen LogP contribution < -0.4 is 10.6 Å². The molecule has 1 rings (SSSR count). The Morgan fingerprint density at radius 2 is 2.25 bits per heavy atom. The van der Waals surface area contributed by atoms with Crippen molar-refractivity contribution in [1.82, 2.24) is 10.6 Å². The zero-order chi connectivity index (χ0) is 8.97. The molecule has 1 fully saturated rings. The molecule has 0 saturated heterocycles. The Bertz CT molecular complexity index is 159. The van der Waals surface area contributed by atoms with Crippen LogP contribution in [0.4, 0.5) is 0 Å². The number of likely N-dealkylation sites (N-methyl/N-ethyl adjacent to an activating group) is 1. The van der Waals surface area contributed by atoms with Gasteiger partial charge in [0.15, 0.2) is 0 Å². The first-order valence-electron chi connectivity index (χ1n) is 4.68. The molecule has 2 atom stereocenters. The summed E-state index contributed by atoms with van der Waals surface area (Å²) < 4.78 is 0. The van der Waals surface area contributed by atoms with Gasteiger partial charge in [0.1, 0.15) is 0 Å². The van der Waals surface area contributed by atoms with Crippen LogP contribution >= 0.6 is 0 Å². The topological polar surface area (TPSA) is 41.1 Å². The lowest BCUT2D eigenvalue weighted by Gasteiger charge is -2.16. The monoisotopic (exact) mass is 170 g/mol. The van der Waals surface area contributed by atoms with Crippen molar-refractivity contribution in [1.29, 1.82) is 0 Å². The maximum Gasteiger partial charge on any atom is 0.234 e. The minimum Gasteiger partial charge on any atom is -0.352 e. The first kappa shape index (κ1) is 9.52. The van der Waals surface area contributed by atoms with E-state index in [9.17, 15) is 4.79 Å². The quantitative estimate of drug-likeness (QED) is 0.648. The normalized spacial score (nSPS) is 28.8. The summed E-state index contributed by atoms with van der Waals surface area (Å²) in [7, 11) is 1.79. The van der Waals surface area contributed by atoms with Gasteiger partial charge in [-0.3, -0.25) is 4.79 Å². The number of rotatable bonds is 3. The van der Waals surface area contributed by atoms with Gasteiger partial charge in [-0.1, -0.05) is 13.3 Å². The summed E-state index contributed by atoms with van der Waals surface area (Å²) >= 11 is 0. The van der Waals surface area contributed by atoms with Crippen molar-refractivity contribution < 1.29 is 4.79 Å². The molecule has 3 nitrogen and oxygen atoms in total. The molecule has 0 radical (unpaired) electrons. The van der Waals surface area contributed by atoms with E-state index in [2.05, 4.69) is 17.6 Å². The van der Waals surface area contributed by atoms with Gasteiger partial charge in [-0.2, -0.15) is 0 Å². The predicted molar refractivity (Wildman–Crippen MR) is 48.9 cm³/mol. The van der Waals surface area contributed by atoms with Gasteiger partial charge in [0.2, 0.25) is 5.91 Å². The Balaban J connectivity index is 2.25. The van der Waals surface area contributed by atoms with Crippen molar-refractivity contribution in [3.63, 3.8) is 0 Å². The second-order valence-electron chi connectivity index (χ2n) is 3.61. The summed E-state index contributed by atoms with van der Waals surface area (Å²) in [6.07, 6.45) is 3.66. The van der Waals surface area contributed by atoms with Crippen LogP contribution in [0.5, 0.6) is 0 Å². The minimum absolute atomic E-state index is 0.122. The molecule has 70 valence electrons. The zero-order valence-electron chi connectivity index (χ0n) is 7.89. The SMILES string of the molecule is CNCC(=O)NC1CCCC1C. The lowest BCUT2D eigenvalue weighted by Crippen LogP contribution is -2.40. The van der Waals surface area contributed by atoms with Crippen LogP contribution in [0.25, 0.3) is 0 Å². The van der Waals surface area contributed by atoms with Gasteiger partial charge in [-0.05, 0) is 25.8 Å². The molecule has 2 N–H and O–H groups in total. The van der Waals surface area contributed by atoms with Crippen LogP contribution in [-0.2, 0) is 4.79 Å². The first-order chi connectivity index (χ1) is 5.74. The highest BCUT2D eigenvalue weighted by Crippen LogP contribution is 2.24. The maximum absolute atomic E-state index is 11.2. The Hall–Kier alpha value is -0.570. The predicted octanol–water partition coefficient (Wildman–Crippen LogP) is 0.511. The fourth-order valence-corrected chi connectivity index (χ4v) is 1.78. The molecular weight excluding hydrogens is 152 g/mol. The number of carbonyl (C=O) groups excluding carboxylic acids is 1. The highest BCUT2D eigenvalue weighted by Gasteiger charge is 2.24. The van der Waals surface area contributed by atoms with Gasteiger partial charge in [0.05, 0.1) is 6.54 Å². The Labute approximate surface area is 73.9 Å². The Kier molecular flexibility index (Phi) is 3.53. The molecule has 1 aliphatic rings. The smallest absolute Gasteiger partial charge is 0.234 e. The van der Waals surface area contributed by atoms with E-state index < -0.39 is 0 Å². The molecule has 0 heterocycles. The van der Waals surface area contributed by atoms with Crippen LogP contribution in [0, 0.1) is 5.92 Å². The number of amides is 1. The van der Waals surface area contributed by atoms with E-state index in [0.717, 1.165) is 6.42 Å². The average Bonchev–Trinajstić information content (AvgIpc) is 2.37. The molecule has 0 aliphatic heterocycles. The van der Waals surface area contributed by atoms with Gasteiger partial charge in [-0.25, -0.2) is 0 Å². The van der Waals surface area contributed by atoms with Crippen LogP contribution in [-0.4, -0.2) is 25.5 Å². The van der Waals surface area contributed by atoms with Crippen molar-refractivity contribution in [2.24, 2.45) is 5.92 Å². The fraction of sp³-hybridized carbons (Fsp3) is 0.889. The van der Waals surface area contributed by atoms with Gasteiger partial charge < -0.3 is 10.6 Å². The van der Waals surface area contributed by atoms with Crippen LogP contribution in [0.2, 0.25) is 0 Å². The third kappa shape index (κ3) is 2.48. The van der Waals surface area contributed by atoms with Crippen LogP contribution in [0.3, 0.4) is 0 Å². The van der Waals surface area contributed by atoms with Gasteiger partial charge in [-0.15, -0.1) is 0 Å². The lowest BCUT2D eigenvalue weighted by atomic mass is 10.1. The molecule has 0 aromatic carbocycles. The van der Waals surface area contributed by atoms with Crippen LogP contribution in [0.1, 0.15) is 26.2 Å². The highest BCUT2D eigenvalue weighted by atomic mass is 16.1. The number of nitrogens with one attached hydrogen (secondary N) is 2. The number of hydrogen-bond acceptors (Lipinski definition) is 2. The van der Waals surface area contributed by atoms with E-state index in [0.29, 0.717) is 18.5 Å². The second kappa shape index (κ2) is 4.45. The molecule has 1 saturated carbocycles. The second-order valence-corrected chi connectivity index (χ2v) is 3.61. The van der Waals surface area contributed by atoms with Crippen molar-refractivity contribution in [3.05, 3.63) is 0 Å². The summed E-state index contributed by atoms with van der Waals surface area (Å²) in [4.78, 5) is 11.2. The van der Waals surface area contributed by atoms with Crippen molar-refractivity contribution in [2.45, 2.75) is 32.2 Å². The third-order valence-electron chi connectivity index (χ3n) is 2.55. The summed E-state index contributed by atoms with van der Waals surface area (Å²) in [6, 6.07) is 0.422. The zero-order valence-corrected chi connectivity index (χ0v) is 7.89. The summed E-state index contributed by atoms with van der Waals surface area (Å²) in [5, 5.41) is 5.87. The largest absolute Gasteiger partial charge is 0.352 e. The van der Waals surface area contributed by atoms with Crippen molar-refractivity contribution in [3.8, 4) is 0 Å². The Morgan fingerprint density at radius 3 is 2.75 bits per heavy atom. The van der Waals surface area contributed by atoms with E-state index in [1.807, 2.05) is 0 Å². The Morgan fingerprint density at radius 1 is 1.50 bits per heavy atom. The summed E-state index contributed by atoms with van der Waals surface area (Å²) in [5.74, 6) is 0.780. The third-order valence-corrected chi connectivity index (χ3v) is 2.55. The number of hydrogen-bond donors (Lipinski definition) is 2. The summed E-state index contributed by atoms with van der Waals surface area (Å²) in [5.41, 5.74) is 0. The summed E-state index contributed by atoms with van der Waals surface area (Å²) in [6.45, 7) is 2.64. The fourth-order valence-electron chi connectivity index (χ4n) is 1.78. The molecule has 0 aromatic heterocycles. The van der Waals surface area contributed by atoms with Gasteiger partial charge in [0, 0.05) is 6.04 Å². The molecular formula is C9H18N2O. The molecule has 2 unspecified atom stereocenters. The van der Waals surface area contributed by atoms with Gasteiger partial charge >= 0.3 is 0 Å². The molecule has 3 heteroatoms. The van der Waals surface area contributed by atoms with E-state index in [-0.39, 0.29) is 5.91 Å². The lowest BCUT2D eigenvalue weighted by molar-refractivity contribution is -0.121. The molecule has 0 aromatic rings. The molecule has 0 spiro atoms. The van der Waals surface area contributed by atoms with E-state index in [1.54, 1.807) is 7.05 Å². The molecule has 1 amide bonds. The highest BCUT2D eigenvalue weighted by molar-refractivity contribution is 5.78. The standard InChI is InChI=1S/C9H18N2O/c1-7-4-3-5-8(7)11-9(12)6-10-2/h7-8,10H,3-6H2,1-2H3,(H,11,12). The number of carbonyl (C=O) groups is 1.